The third-order valence-electron chi connectivity index (χ3n) is 8.46. The molecule has 45 heavy (non-hydrogen) atoms. The van der Waals surface area contributed by atoms with Crippen molar-refractivity contribution >= 4 is 41.3 Å². The molecular weight excluding hydrogens is 584 g/mol. The molecule has 0 unspecified atom stereocenters. The monoisotopic (exact) mass is 620 g/mol. The Morgan fingerprint density at radius 1 is 0.911 bits per heavy atom. The number of hydrogen-bond acceptors (Lipinski definition) is 10. The topological polar surface area (TPSA) is 145 Å². The van der Waals surface area contributed by atoms with Gasteiger partial charge in [-0.15, -0.1) is 0 Å². The molecule has 2 fully saturated rings. The molecule has 0 bridgehead atoms. The van der Waals surface area contributed by atoms with Crippen LogP contribution < -0.4 is 24.3 Å². The highest BCUT2D eigenvalue weighted by Gasteiger charge is 2.44. The number of methoxy groups -OCH3 is 2. The lowest BCUT2D eigenvalue weighted by Gasteiger charge is -2.20. The van der Waals surface area contributed by atoms with Gasteiger partial charge in [0.15, 0.2) is 23.0 Å². The number of esters is 1. The predicted molar refractivity (Wildman–Crippen MR) is 162 cm³/mol. The van der Waals surface area contributed by atoms with Gasteiger partial charge in [0.25, 0.3) is 11.8 Å². The maximum absolute atomic E-state index is 13.4. The summed E-state index contributed by atoms with van der Waals surface area (Å²) < 4.78 is 28.3. The standard InChI is InChI=1S/C32H36N4O9/c1-18(37)45-20-11-25-30(38)34-24-15-29(27(42-3)13-22(24)32(40)36(25)17-20)44-10-5-4-9-43-28-14-23-21(12-26(28)41-2)31(39)35-8-6-7-19(35)16-33-23/h12-16,19-20,25H,4-11,17H2,1-3H3,(H,34,38)/t19-,20-,25+/m1/s1. The van der Waals surface area contributed by atoms with Crippen LogP contribution in [0, 0.1) is 0 Å². The van der Waals surface area contributed by atoms with Crippen molar-refractivity contribution in [2.45, 2.75) is 57.2 Å². The van der Waals surface area contributed by atoms with Crippen molar-refractivity contribution in [3.05, 3.63) is 35.4 Å². The molecule has 2 aromatic rings. The number of anilines is 1. The Morgan fingerprint density at radius 3 is 2.27 bits per heavy atom. The van der Waals surface area contributed by atoms with Crippen LogP contribution in [-0.2, 0) is 14.3 Å². The van der Waals surface area contributed by atoms with Crippen LogP contribution in [0.2, 0.25) is 0 Å². The molecule has 0 aromatic heterocycles. The Morgan fingerprint density at radius 2 is 1.58 bits per heavy atom. The largest absolute Gasteiger partial charge is 0.493 e. The van der Waals surface area contributed by atoms with E-state index in [9.17, 15) is 19.2 Å². The second-order valence-electron chi connectivity index (χ2n) is 11.4. The molecule has 13 heteroatoms. The summed E-state index contributed by atoms with van der Waals surface area (Å²) in [6.45, 7) is 2.87. The number of fused-ring (bicyclic) bond motifs is 4. The molecule has 2 aromatic carbocycles. The number of nitrogens with one attached hydrogen (secondary N) is 1. The number of amides is 3. The first-order valence-electron chi connectivity index (χ1n) is 15.1. The molecular formula is C32H36N4O9. The van der Waals surface area contributed by atoms with Crippen molar-refractivity contribution in [1.29, 1.82) is 0 Å². The molecule has 238 valence electrons. The first-order chi connectivity index (χ1) is 21.8. The van der Waals surface area contributed by atoms with Gasteiger partial charge in [0.05, 0.1) is 62.5 Å². The summed E-state index contributed by atoms with van der Waals surface area (Å²) in [6, 6.07) is 5.88. The molecule has 4 heterocycles. The van der Waals surface area contributed by atoms with E-state index in [1.807, 2.05) is 11.1 Å². The summed E-state index contributed by atoms with van der Waals surface area (Å²) in [7, 11) is 3.02. The number of rotatable bonds is 10. The number of nitrogens with zero attached hydrogens (tertiary/aromatic N) is 3. The molecule has 3 atom stereocenters. The maximum atomic E-state index is 13.4. The molecule has 0 spiro atoms. The minimum Gasteiger partial charge on any atom is -0.493 e. The second-order valence-corrected chi connectivity index (χ2v) is 11.4. The maximum Gasteiger partial charge on any atom is 0.302 e. The van der Waals surface area contributed by atoms with Gasteiger partial charge in [-0.05, 0) is 37.8 Å². The molecule has 1 N–H and O–H groups in total. The number of carbonyl (C=O) groups excluding carboxylic acids is 4. The summed E-state index contributed by atoms with van der Waals surface area (Å²) in [6.07, 6.45) is 4.71. The van der Waals surface area contributed by atoms with Crippen molar-refractivity contribution in [2.24, 2.45) is 4.99 Å². The van der Waals surface area contributed by atoms with Crippen molar-refractivity contribution < 1.29 is 42.9 Å². The Bertz CT molecular complexity index is 1560. The average Bonchev–Trinajstić information content (AvgIpc) is 3.63. The van der Waals surface area contributed by atoms with E-state index in [2.05, 4.69) is 10.3 Å². The number of hydrogen-bond donors (Lipinski definition) is 1. The Balaban J connectivity index is 1.06. The van der Waals surface area contributed by atoms with Gasteiger partial charge in [-0.1, -0.05) is 0 Å². The molecule has 0 radical (unpaired) electrons. The van der Waals surface area contributed by atoms with Crippen LogP contribution in [-0.4, -0.2) is 98.4 Å². The van der Waals surface area contributed by atoms with E-state index in [0.717, 1.165) is 19.4 Å². The molecule has 13 nitrogen and oxygen atoms in total. The van der Waals surface area contributed by atoms with E-state index in [1.165, 1.54) is 18.9 Å². The van der Waals surface area contributed by atoms with E-state index >= 15 is 0 Å². The van der Waals surface area contributed by atoms with Gasteiger partial charge in [0, 0.05) is 38.2 Å². The van der Waals surface area contributed by atoms with Crippen LogP contribution in [0.15, 0.2) is 29.3 Å². The van der Waals surface area contributed by atoms with Gasteiger partial charge < -0.3 is 38.8 Å². The Hall–Kier alpha value is -4.81. The highest BCUT2D eigenvalue weighted by Crippen LogP contribution is 2.39. The fourth-order valence-corrected chi connectivity index (χ4v) is 6.26. The quantitative estimate of drug-likeness (QED) is 0.312. The number of aliphatic imine (C=N–C) groups is 1. The van der Waals surface area contributed by atoms with Crippen LogP contribution in [0.25, 0.3) is 0 Å². The normalized spacial score (nSPS) is 21.6. The average molecular weight is 621 g/mol. The smallest absolute Gasteiger partial charge is 0.302 e. The fourth-order valence-electron chi connectivity index (χ4n) is 6.26. The number of carbonyl (C=O) groups is 4. The highest BCUT2D eigenvalue weighted by molar-refractivity contribution is 6.11. The minimum atomic E-state index is -0.743. The zero-order valence-corrected chi connectivity index (χ0v) is 25.5. The number of unbranched alkanes of at least 4 members (excludes halogenated alkanes) is 1. The molecule has 3 amide bonds. The lowest BCUT2D eigenvalue weighted by molar-refractivity contribution is -0.145. The summed E-state index contributed by atoms with van der Waals surface area (Å²) in [5, 5.41) is 2.83. The molecule has 4 aliphatic rings. The Kier molecular flexibility index (Phi) is 8.50. The van der Waals surface area contributed by atoms with Crippen molar-refractivity contribution in [3.8, 4) is 23.0 Å². The molecule has 2 saturated heterocycles. The predicted octanol–water partition coefficient (Wildman–Crippen LogP) is 3.36. The molecule has 4 aliphatic heterocycles. The van der Waals surface area contributed by atoms with Crippen LogP contribution in [0.5, 0.6) is 23.0 Å². The van der Waals surface area contributed by atoms with Crippen LogP contribution in [0.1, 0.15) is 59.7 Å². The minimum absolute atomic E-state index is 0.0223. The van der Waals surface area contributed by atoms with Gasteiger partial charge in [0.2, 0.25) is 5.91 Å². The van der Waals surface area contributed by atoms with Gasteiger partial charge in [0.1, 0.15) is 12.1 Å². The lowest BCUT2D eigenvalue weighted by Crippen LogP contribution is -2.40. The van der Waals surface area contributed by atoms with Gasteiger partial charge in [-0.3, -0.25) is 24.2 Å². The van der Waals surface area contributed by atoms with Crippen LogP contribution in [0.4, 0.5) is 11.4 Å². The number of ether oxygens (including phenoxy) is 5. The zero-order valence-electron chi connectivity index (χ0n) is 25.5. The van der Waals surface area contributed by atoms with E-state index in [4.69, 9.17) is 23.7 Å². The third-order valence-corrected chi connectivity index (χ3v) is 8.46. The SMILES string of the molecule is COc1cc2c(cc1OCCCCOc1cc3c(cc1OC)C(=O)N1C[C@H](OC(C)=O)C[C@H]1C(=O)N3)N=C[C@H]1CCCN1C2=O. The first kappa shape index (κ1) is 30.2. The van der Waals surface area contributed by atoms with Crippen molar-refractivity contribution in [2.75, 3.05) is 45.8 Å². The van der Waals surface area contributed by atoms with Gasteiger partial charge in [-0.25, -0.2) is 0 Å². The van der Waals surface area contributed by atoms with Crippen molar-refractivity contribution in [3.63, 3.8) is 0 Å². The summed E-state index contributed by atoms with van der Waals surface area (Å²) in [5.74, 6) is 0.520. The van der Waals surface area contributed by atoms with E-state index in [1.54, 1.807) is 31.4 Å². The van der Waals surface area contributed by atoms with Gasteiger partial charge >= 0.3 is 5.97 Å². The van der Waals surface area contributed by atoms with Gasteiger partial charge in [-0.2, -0.15) is 0 Å². The third kappa shape index (κ3) is 5.98. The Labute approximate surface area is 260 Å². The van der Waals surface area contributed by atoms with Crippen molar-refractivity contribution in [1.82, 2.24) is 9.80 Å². The molecule has 0 aliphatic carbocycles. The zero-order chi connectivity index (χ0) is 31.7. The van der Waals surface area contributed by atoms with Crippen LogP contribution >= 0.6 is 0 Å². The van der Waals surface area contributed by atoms with E-state index in [-0.39, 0.29) is 42.3 Å². The fraction of sp³-hybridized carbons (Fsp3) is 0.469. The van der Waals surface area contributed by atoms with E-state index in [0.29, 0.717) is 66.0 Å². The summed E-state index contributed by atoms with van der Waals surface area (Å²) >= 11 is 0. The molecule has 6 rings (SSSR count). The first-order valence-corrected chi connectivity index (χ1v) is 15.1. The van der Waals surface area contributed by atoms with Crippen LogP contribution in [0.3, 0.4) is 0 Å². The highest BCUT2D eigenvalue weighted by atomic mass is 16.5. The van der Waals surface area contributed by atoms with E-state index < -0.39 is 18.1 Å². The number of benzene rings is 2. The summed E-state index contributed by atoms with van der Waals surface area (Å²) in [4.78, 5) is 58.7. The second kappa shape index (κ2) is 12.7. The molecule has 0 saturated carbocycles. The lowest BCUT2D eigenvalue weighted by atomic mass is 10.1. The summed E-state index contributed by atoms with van der Waals surface area (Å²) in [5.41, 5.74) is 1.68.